The van der Waals surface area contributed by atoms with Gasteiger partial charge >= 0.3 is 11.9 Å². The van der Waals surface area contributed by atoms with E-state index in [9.17, 15) is 4.79 Å². The van der Waals surface area contributed by atoms with Gasteiger partial charge in [0, 0.05) is 24.2 Å². The summed E-state index contributed by atoms with van der Waals surface area (Å²) in [4.78, 5) is 11.4. The highest BCUT2D eigenvalue weighted by Crippen LogP contribution is 2.48. The molecular weight excluding hydrogens is 330 g/mol. The average Bonchev–Trinajstić information content (AvgIpc) is 3.09. The van der Waals surface area contributed by atoms with Crippen LogP contribution in [0.5, 0.6) is 17.2 Å². The van der Waals surface area contributed by atoms with Gasteiger partial charge in [-0.15, -0.1) is 0 Å². The van der Waals surface area contributed by atoms with Crippen LogP contribution < -0.4 is 19.5 Å². The van der Waals surface area contributed by atoms with Gasteiger partial charge in [0.25, 0.3) is 0 Å². The Labute approximate surface area is 151 Å². The van der Waals surface area contributed by atoms with E-state index < -0.39 is 11.9 Å². The molecule has 1 amide bonds. The van der Waals surface area contributed by atoms with Crippen molar-refractivity contribution in [2.45, 2.75) is 5.79 Å². The topological polar surface area (TPSA) is 56.8 Å². The first-order valence-electron chi connectivity index (χ1n) is 8.24. The van der Waals surface area contributed by atoms with Crippen LogP contribution in [0.4, 0.5) is 4.79 Å². The molecule has 0 spiro atoms. The molecule has 1 aliphatic heterocycles. The fourth-order valence-electron chi connectivity index (χ4n) is 2.92. The first kappa shape index (κ1) is 16.0. The molecule has 26 heavy (non-hydrogen) atoms. The summed E-state index contributed by atoms with van der Waals surface area (Å²) in [7, 11) is 1.51. The molecule has 0 radical (unpaired) electrons. The van der Waals surface area contributed by atoms with E-state index in [1.54, 1.807) is 18.2 Å². The lowest BCUT2D eigenvalue weighted by Crippen LogP contribution is -2.36. The Morgan fingerprint density at radius 3 is 2.00 bits per heavy atom. The van der Waals surface area contributed by atoms with Crippen molar-refractivity contribution in [3.8, 4) is 17.2 Å². The highest BCUT2D eigenvalue weighted by molar-refractivity contribution is 5.70. The summed E-state index contributed by atoms with van der Waals surface area (Å²) in [5.74, 6) is 0.390. The second-order valence-corrected chi connectivity index (χ2v) is 5.80. The van der Waals surface area contributed by atoms with Gasteiger partial charge in [0.05, 0.1) is 0 Å². The minimum Gasteiger partial charge on any atom is -0.440 e. The number of hydrogen-bond donors (Lipinski definition) is 1. The fraction of sp³-hybridized carbons (Fsp3) is 0.0952. The van der Waals surface area contributed by atoms with Crippen LogP contribution in [0.25, 0.3) is 0 Å². The lowest BCUT2D eigenvalue weighted by Gasteiger charge is -2.28. The lowest BCUT2D eigenvalue weighted by atomic mass is 9.97. The van der Waals surface area contributed by atoms with Crippen LogP contribution in [0.3, 0.4) is 0 Å². The standard InChI is InChI=1S/C21H17NO4/c1-22-20(23)24-17-12-13-18-19(14-17)26-21(25-18,15-8-4-2-5-9-15)16-10-6-3-7-11-16/h2-14H,1H3,(H,22,23). The molecule has 1 aliphatic rings. The quantitative estimate of drug-likeness (QED) is 0.776. The Morgan fingerprint density at radius 1 is 0.846 bits per heavy atom. The van der Waals surface area contributed by atoms with Crippen molar-refractivity contribution in [1.82, 2.24) is 5.32 Å². The van der Waals surface area contributed by atoms with Crippen LogP contribution in [0.1, 0.15) is 11.1 Å². The minimum absolute atomic E-state index is 0.378. The monoisotopic (exact) mass is 347 g/mol. The molecule has 5 nitrogen and oxygen atoms in total. The zero-order chi connectivity index (χ0) is 18.0. The predicted molar refractivity (Wildman–Crippen MR) is 96.4 cm³/mol. The molecule has 5 heteroatoms. The Bertz CT molecular complexity index is 886. The Kier molecular flexibility index (Phi) is 3.97. The van der Waals surface area contributed by atoms with E-state index in [-0.39, 0.29) is 0 Å². The van der Waals surface area contributed by atoms with Gasteiger partial charge in [0.1, 0.15) is 5.75 Å². The van der Waals surface area contributed by atoms with Crippen molar-refractivity contribution in [3.63, 3.8) is 0 Å². The largest absolute Gasteiger partial charge is 0.440 e. The third-order valence-corrected chi connectivity index (χ3v) is 4.14. The third-order valence-electron chi connectivity index (χ3n) is 4.14. The summed E-state index contributed by atoms with van der Waals surface area (Å²) in [6.07, 6.45) is -0.541. The van der Waals surface area contributed by atoms with E-state index in [2.05, 4.69) is 5.32 Å². The number of nitrogens with one attached hydrogen (secondary N) is 1. The first-order chi connectivity index (χ1) is 12.7. The maximum absolute atomic E-state index is 11.4. The summed E-state index contributed by atoms with van der Waals surface area (Å²) in [5, 5.41) is 2.42. The van der Waals surface area contributed by atoms with E-state index in [1.165, 1.54) is 7.05 Å². The second-order valence-electron chi connectivity index (χ2n) is 5.80. The van der Waals surface area contributed by atoms with E-state index >= 15 is 0 Å². The number of fused-ring (bicyclic) bond motifs is 1. The molecule has 0 aromatic heterocycles. The minimum atomic E-state index is -1.09. The second kappa shape index (κ2) is 6.44. The molecule has 0 aliphatic carbocycles. The number of amides is 1. The van der Waals surface area contributed by atoms with Crippen LogP contribution in [0.15, 0.2) is 78.9 Å². The normalized spacial score (nSPS) is 13.9. The first-order valence-corrected chi connectivity index (χ1v) is 8.24. The number of carbonyl (C=O) groups excluding carboxylic acids is 1. The van der Waals surface area contributed by atoms with E-state index in [1.807, 2.05) is 60.7 Å². The van der Waals surface area contributed by atoms with Crippen molar-refractivity contribution in [3.05, 3.63) is 90.0 Å². The zero-order valence-electron chi connectivity index (χ0n) is 14.1. The fourth-order valence-corrected chi connectivity index (χ4v) is 2.92. The Morgan fingerprint density at radius 2 is 1.42 bits per heavy atom. The van der Waals surface area contributed by atoms with Crippen LogP contribution in [-0.4, -0.2) is 13.1 Å². The number of ether oxygens (including phenoxy) is 3. The van der Waals surface area contributed by atoms with Gasteiger partial charge in [-0.1, -0.05) is 60.7 Å². The summed E-state index contributed by atoms with van der Waals surface area (Å²) >= 11 is 0. The van der Waals surface area contributed by atoms with Crippen molar-refractivity contribution in [2.75, 3.05) is 7.05 Å². The molecule has 1 N–H and O–H groups in total. The smallest absolute Gasteiger partial charge is 0.412 e. The van der Waals surface area contributed by atoms with Crippen molar-refractivity contribution < 1.29 is 19.0 Å². The number of hydrogen-bond acceptors (Lipinski definition) is 4. The average molecular weight is 347 g/mol. The third kappa shape index (κ3) is 2.73. The Balaban J connectivity index is 1.76. The lowest BCUT2D eigenvalue weighted by molar-refractivity contribution is -0.0459. The predicted octanol–water partition coefficient (Wildman–Crippen LogP) is 4.08. The van der Waals surface area contributed by atoms with Crippen LogP contribution in [0.2, 0.25) is 0 Å². The molecule has 0 bridgehead atoms. The van der Waals surface area contributed by atoms with Gasteiger partial charge in [0.15, 0.2) is 11.5 Å². The molecule has 0 unspecified atom stereocenters. The molecule has 3 aromatic carbocycles. The number of rotatable bonds is 3. The molecule has 1 heterocycles. The number of benzene rings is 3. The maximum atomic E-state index is 11.4. The molecule has 0 saturated heterocycles. The van der Waals surface area contributed by atoms with Crippen LogP contribution in [-0.2, 0) is 5.79 Å². The van der Waals surface area contributed by atoms with E-state index in [0.29, 0.717) is 17.2 Å². The van der Waals surface area contributed by atoms with Crippen molar-refractivity contribution >= 4 is 6.09 Å². The summed E-state index contributed by atoms with van der Waals surface area (Å²) < 4.78 is 17.7. The van der Waals surface area contributed by atoms with Gasteiger partial charge in [0.2, 0.25) is 0 Å². The maximum Gasteiger partial charge on any atom is 0.412 e. The van der Waals surface area contributed by atoms with Crippen LogP contribution in [0, 0.1) is 0 Å². The number of carbonyl (C=O) groups is 1. The molecule has 0 saturated carbocycles. The van der Waals surface area contributed by atoms with Crippen LogP contribution >= 0.6 is 0 Å². The SMILES string of the molecule is CNC(=O)Oc1ccc2c(c1)OC(c1ccccc1)(c1ccccc1)O2. The van der Waals surface area contributed by atoms with Crippen molar-refractivity contribution in [2.24, 2.45) is 0 Å². The van der Waals surface area contributed by atoms with Gasteiger partial charge in [-0.3, -0.25) is 0 Å². The molecular formula is C21H17NO4. The highest BCUT2D eigenvalue weighted by Gasteiger charge is 2.45. The van der Waals surface area contributed by atoms with Gasteiger partial charge in [-0.2, -0.15) is 0 Å². The summed E-state index contributed by atoms with van der Waals surface area (Å²) in [6, 6.07) is 24.5. The molecule has 0 fully saturated rings. The molecule has 4 rings (SSSR count). The van der Waals surface area contributed by atoms with E-state index in [0.717, 1.165) is 11.1 Å². The Hall–Kier alpha value is -3.47. The molecule has 3 aromatic rings. The van der Waals surface area contributed by atoms with Gasteiger partial charge in [-0.25, -0.2) is 4.79 Å². The van der Waals surface area contributed by atoms with Crippen molar-refractivity contribution in [1.29, 1.82) is 0 Å². The van der Waals surface area contributed by atoms with Gasteiger partial charge < -0.3 is 19.5 Å². The molecule has 130 valence electrons. The summed E-state index contributed by atoms with van der Waals surface area (Å²) in [5.41, 5.74) is 1.74. The summed E-state index contributed by atoms with van der Waals surface area (Å²) in [6.45, 7) is 0. The zero-order valence-corrected chi connectivity index (χ0v) is 14.1. The van der Waals surface area contributed by atoms with E-state index in [4.69, 9.17) is 14.2 Å². The highest BCUT2D eigenvalue weighted by atomic mass is 16.7. The van der Waals surface area contributed by atoms with Gasteiger partial charge in [-0.05, 0) is 12.1 Å². The molecule has 0 atom stereocenters.